The Bertz CT molecular complexity index is 1480. The van der Waals surface area contributed by atoms with Crippen LogP contribution in [0.3, 0.4) is 0 Å². The predicted molar refractivity (Wildman–Crippen MR) is 134 cm³/mol. The van der Waals surface area contributed by atoms with Gasteiger partial charge in [0.2, 0.25) is 5.76 Å². The minimum Gasteiger partial charge on any atom is -0.490 e. The van der Waals surface area contributed by atoms with Crippen LogP contribution in [0.2, 0.25) is 0 Å². The Hall–Kier alpha value is -4.13. The average molecular weight is 471 g/mol. The summed E-state index contributed by atoms with van der Waals surface area (Å²) in [5, 5.41) is 0.427. The van der Waals surface area contributed by atoms with E-state index in [0.29, 0.717) is 52.6 Å². The monoisotopic (exact) mass is 470 g/mol. The summed E-state index contributed by atoms with van der Waals surface area (Å²) in [6, 6.07) is 15.4. The average Bonchev–Trinajstić information content (AvgIpc) is 3.16. The van der Waals surface area contributed by atoms with Gasteiger partial charge in [0, 0.05) is 6.20 Å². The number of aryl methyl sites for hydroxylation is 1. The summed E-state index contributed by atoms with van der Waals surface area (Å²) in [4.78, 5) is 33.4. The molecule has 7 heteroatoms. The highest BCUT2D eigenvalue weighted by atomic mass is 16.5. The van der Waals surface area contributed by atoms with Gasteiger partial charge in [-0.3, -0.25) is 14.5 Å². The van der Waals surface area contributed by atoms with Crippen LogP contribution < -0.4 is 19.8 Å². The molecule has 35 heavy (non-hydrogen) atoms. The van der Waals surface area contributed by atoms with Crippen molar-refractivity contribution in [3.05, 3.63) is 93.5 Å². The van der Waals surface area contributed by atoms with Gasteiger partial charge in [-0.25, -0.2) is 4.98 Å². The molecule has 1 amide bonds. The smallest absolute Gasteiger partial charge is 0.296 e. The third-order valence-electron chi connectivity index (χ3n) is 5.97. The van der Waals surface area contributed by atoms with Crippen LogP contribution >= 0.6 is 0 Å². The summed E-state index contributed by atoms with van der Waals surface area (Å²) in [5.74, 6) is 1.25. The van der Waals surface area contributed by atoms with Gasteiger partial charge in [-0.15, -0.1) is 0 Å². The predicted octanol–water partition coefficient (Wildman–Crippen LogP) is 5.43. The second-order valence-corrected chi connectivity index (χ2v) is 8.43. The van der Waals surface area contributed by atoms with Crippen LogP contribution in [0.25, 0.3) is 11.0 Å². The topological polar surface area (TPSA) is 81.9 Å². The molecule has 1 aliphatic rings. The SMILES string of the molecule is CCCOc1ccc([C@H]2c3c(oc4ccccc4c3=O)C(=O)N2c2cc(C)ccn2)cc1OCC. The Kier molecular flexibility index (Phi) is 5.99. The third-order valence-corrected chi connectivity index (χ3v) is 5.97. The van der Waals surface area contributed by atoms with Crippen molar-refractivity contribution in [3.63, 3.8) is 0 Å². The maximum atomic E-state index is 13.7. The van der Waals surface area contributed by atoms with E-state index in [2.05, 4.69) is 4.98 Å². The van der Waals surface area contributed by atoms with Crippen LogP contribution in [-0.2, 0) is 0 Å². The molecule has 0 spiro atoms. The van der Waals surface area contributed by atoms with E-state index in [9.17, 15) is 9.59 Å². The maximum Gasteiger partial charge on any atom is 0.296 e. The number of fused-ring (bicyclic) bond motifs is 2. The number of hydrogen-bond donors (Lipinski definition) is 0. The molecule has 2 aromatic heterocycles. The molecule has 0 N–H and O–H groups in total. The van der Waals surface area contributed by atoms with E-state index >= 15 is 0 Å². The molecule has 1 atom stereocenters. The normalized spacial score (nSPS) is 14.9. The molecule has 0 radical (unpaired) electrons. The largest absolute Gasteiger partial charge is 0.490 e. The molecule has 5 rings (SSSR count). The van der Waals surface area contributed by atoms with Gasteiger partial charge in [-0.05, 0) is 67.8 Å². The molecular weight excluding hydrogens is 444 g/mol. The number of anilines is 1. The molecule has 2 aromatic carbocycles. The van der Waals surface area contributed by atoms with E-state index in [-0.39, 0.29) is 11.2 Å². The fraction of sp³-hybridized carbons (Fsp3) is 0.250. The number of para-hydroxylation sites is 1. The number of amides is 1. The summed E-state index contributed by atoms with van der Waals surface area (Å²) >= 11 is 0. The molecule has 4 aromatic rings. The van der Waals surface area contributed by atoms with Crippen molar-refractivity contribution < 1.29 is 18.7 Å². The molecule has 3 heterocycles. The van der Waals surface area contributed by atoms with Gasteiger partial charge in [0.25, 0.3) is 5.91 Å². The maximum absolute atomic E-state index is 13.7. The van der Waals surface area contributed by atoms with Crippen molar-refractivity contribution in [1.29, 1.82) is 0 Å². The third kappa shape index (κ3) is 3.93. The van der Waals surface area contributed by atoms with Gasteiger partial charge in [-0.2, -0.15) is 0 Å². The van der Waals surface area contributed by atoms with Crippen molar-refractivity contribution in [2.75, 3.05) is 18.1 Å². The van der Waals surface area contributed by atoms with Gasteiger partial charge in [0.1, 0.15) is 11.4 Å². The van der Waals surface area contributed by atoms with Crippen LogP contribution in [0, 0.1) is 6.92 Å². The Morgan fingerprint density at radius 3 is 2.60 bits per heavy atom. The molecule has 0 saturated carbocycles. The lowest BCUT2D eigenvalue weighted by Gasteiger charge is -2.25. The van der Waals surface area contributed by atoms with E-state index in [1.54, 1.807) is 30.5 Å². The summed E-state index contributed by atoms with van der Waals surface area (Å²) in [7, 11) is 0. The summed E-state index contributed by atoms with van der Waals surface area (Å²) in [5.41, 5.74) is 2.08. The van der Waals surface area contributed by atoms with E-state index < -0.39 is 11.9 Å². The highest BCUT2D eigenvalue weighted by Gasteiger charge is 2.44. The van der Waals surface area contributed by atoms with E-state index in [1.165, 1.54) is 4.90 Å². The molecule has 1 aliphatic heterocycles. The van der Waals surface area contributed by atoms with Crippen LogP contribution in [0.5, 0.6) is 11.5 Å². The summed E-state index contributed by atoms with van der Waals surface area (Å²) in [6.07, 6.45) is 2.51. The van der Waals surface area contributed by atoms with Gasteiger partial charge in [0.05, 0.1) is 30.2 Å². The van der Waals surface area contributed by atoms with Crippen molar-refractivity contribution in [3.8, 4) is 11.5 Å². The zero-order valence-electron chi connectivity index (χ0n) is 19.9. The fourth-order valence-electron chi connectivity index (χ4n) is 4.42. The zero-order valence-corrected chi connectivity index (χ0v) is 19.9. The number of pyridine rings is 1. The number of hydrogen-bond acceptors (Lipinski definition) is 6. The minimum absolute atomic E-state index is 0.0336. The van der Waals surface area contributed by atoms with Crippen LogP contribution in [0.15, 0.2) is 70.0 Å². The Balaban J connectivity index is 1.75. The minimum atomic E-state index is -0.730. The molecule has 0 saturated heterocycles. The van der Waals surface area contributed by atoms with Gasteiger partial charge < -0.3 is 13.9 Å². The molecule has 0 aliphatic carbocycles. The number of benzene rings is 2. The number of nitrogens with zero attached hydrogens (tertiary/aromatic N) is 2. The van der Waals surface area contributed by atoms with Crippen molar-refractivity contribution in [2.45, 2.75) is 33.2 Å². The number of ether oxygens (including phenoxy) is 2. The second-order valence-electron chi connectivity index (χ2n) is 8.43. The zero-order chi connectivity index (χ0) is 24.5. The summed E-state index contributed by atoms with van der Waals surface area (Å²) in [6.45, 7) is 6.86. The van der Waals surface area contributed by atoms with E-state index in [4.69, 9.17) is 13.9 Å². The second kappa shape index (κ2) is 9.25. The Labute approximate surface area is 202 Å². The lowest BCUT2D eigenvalue weighted by atomic mass is 9.98. The molecular formula is C28H26N2O5. The first-order valence-corrected chi connectivity index (χ1v) is 11.7. The molecule has 0 bridgehead atoms. The standard InChI is InChI=1S/C28H26N2O5/c1-4-14-34-21-11-10-18(16-22(21)33-5-2)25-24-26(31)19-8-6-7-9-20(19)35-27(24)28(32)30(25)23-15-17(3)12-13-29-23/h6-13,15-16,25H,4-5,14H2,1-3H3/t25-/m0/s1. The van der Waals surface area contributed by atoms with Crippen LogP contribution in [0.1, 0.15) is 53.6 Å². The lowest BCUT2D eigenvalue weighted by molar-refractivity contribution is 0.0970. The van der Waals surface area contributed by atoms with Crippen molar-refractivity contribution in [2.24, 2.45) is 0 Å². The van der Waals surface area contributed by atoms with Crippen LogP contribution in [0.4, 0.5) is 5.82 Å². The molecule has 178 valence electrons. The molecule has 7 nitrogen and oxygen atoms in total. The van der Waals surface area contributed by atoms with Gasteiger partial charge in [-0.1, -0.05) is 25.1 Å². The number of carbonyl (C=O) groups excluding carboxylic acids is 1. The van der Waals surface area contributed by atoms with Crippen LogP contribution in [-0.4, -0.2) is 24.1 Å². The van der Waals surface area contributed by atoms with E-state index in [0.717, 1.165) is 12.0 Å². The summed E-state index contributed by atoms with van der Waals surface area (Å²) < 4.78 is 17.7. The Morgan fingerprint density at radius 2 is 1.83 bits per heavy atom. The Morgan fingerprint density at radius 1 is 1.00 bits per heavy atom. The first kappa shape index (κ1) is 22.7. The molecule has 0 fully saturated rings. The fourth-order valence-corrected chi connectivity index (χ4v) is 4.42. The highest BCUT2D eigenvalue weighted by Crippen LogP contribution is 2.43. The lowest BCUT2D eigenvalue weighted by Crippen LogP contribution is -2.30. The number of rotatable bonds is 7. The first-order valence-electron chi connectivity index (χ1n) is 11.7. The highest BCUT2D eigenvalue weighted by molar-refractivity contribution is 6.10. The van der Waals surface area contributed by atoms with Crippen molar-refractivity contribution >= 4 is 22.7 Å². The van der Waals surface area contributed by atoms with Gasteiger partial charge in [0.15, 0.2) is 16.9 Å². The first-order chi connectivity index (χ1) is 17.0. The van der Waals surface area contributed by atoms with Crippen molar-refractivity contribution in [1.82, 2.24) is 4.98 Å². The number of carbonyl (C=O) groups is 1. The van der Waals surface area contributed by atoms with Gasteiger partial charge >= 0.3 is 0 Å². The van der Waals surface area contributed by atoms with E-state index in [1.807, 2.05) is 51.1 Å². The number of aromatic nitrogens is 1. The quantitative estimate of drug-likeness (QED) is 0.358. The molecule has 0 unspecified atom stereocenters.